The summed E-state index contributed by atoms with van der Waals surface area (Å²) in [6.45, 7) is 2.05. The standard InChI is InChI=1S/C11H13N3OS/c1-8(11-13-6-7-16-11)14-10-9(15-2)4-3-5-12-10/h3-8H,1-2H3,(H,12,14). The Hall–Kier alpha value is -1.62. The minimum Gasteiger partial charge on any atom is -0.493 e. The van der Waals surface area contributed by atoms with Crippen LogP contribution in [0.2, 0.25) is 0 Å². The van der Waals surface area contributed by atoms with Crippen LogP contribution in [0.3, 0.4) is 0 Å². The van der Waals surface area contributed by atoms with E-state index in [-0.39, 0.29) is 6.04 Å². The molecule has 0 fully saturated rings. The molecule has 2 heterocycles. The topological polar surface area (TPSA) is 47.0 Å². The minimum absolute atomic E-state index is 0.129. The van der Waals surface area contributed by atoms with Gasteiger partial charge in [0.15, 0.2) is 11.6 Å². The molecule has 4 nitrogen and oxygen atoms in total. The van der Waals surface area contributed by atoms with Gasteiger partial charge in [0.25, 0.3) is 0 Å². The Kier molecular flexibility index (Phi) is 3.36. The summed E-state index contributed by atoms with van der Waals surface area (Å²) in [6, 6.07) is 3.85. The summed E-state index contributed by atoms with van der Waals surface area (Å²) in [5, 5.41) is 6.27. The number of pyridine rings is 1. The van der Waals surface area contributed by atoms with Crippen molar-refractivity contribution in [3.63, 3.8) is 0 Å². The molecule has 1 atom stereocenters. The van der Waals surface area contributed by atoms with E-state index in [9.17, 15) is 0 Å². The fourth-order valence-electron chi connectivity index (χ4n) is 1.38. The first-order valence-electron chi connectivity index (χ1n) is 4.96. The lowest BCUT2D eigenvalue weighted by molar-refractivity contribution is 0.414. The Morgan fingerprint density at radius 3 is 2.94 bits per heavy atom. The highest BCUT2D eigenvalue weighted by Crippen LogP contribution is 2.25. The average Bonchev–Trinajstić information content (AvgIpc) is 2.83. The second kappa shape index (κ2) is 4.94. The van der Waals surface area contributed by atoms with E-state index < -0.39 is 0 Å². The maximum Gasteiger partial charge on any atom is 0.169 e. The van der Waals surface area contributed by atoms with E-state index >= 15 is 0 Å². The second-order valence-corrected chi connectivity index (χ2v) is 4.22. The van der Waals surface area contributed by atoms with Crippen LogP contribution in [0.4, 0.5) is 5.82 Å². The highest BCUT2D eigenvalue weighted by Gasteiger charge is 2.11. The van der Waals surface area contributed by atoms with Crippen LogP contribution >= 0.6 is 11.3 Å². The Morgan fingerprint density at radius 2 is 2.25 bits per heavy atom. The molecule has 0 bridgehead atoms. The van der Waals surface area contributed by atoms with Gasteiger partial charge in [-0.1, -0.05) is 0 Å². The molecule has 0 aliphatic rings. The molecule has 0 aliphatic heterocycles. The maximum absolute atomic E-state index is 5.22. The van der Waals surface area contributed by atoms with Crippen molar-refractivity contribution in [1.82, 2.24) is 9.97 Å². The van der Waals surface area contributed by atoms with Crippen LogP contribution in [0.1, 0.15) is 18.0 Å². The third-order valence-electron chi connectivity index (χ3n) is 2.17. The van der Waals surface area contributed by atoms with Gasteiger partial charge in [0.1, 0.15) is 5.01 Å². The molecule has 5 heteroatoms. The highest BCUT2D eigenvalue weighted by atomic mass is 32.1. The molecule has 1 unspecified atom stereocenters. The summed E-state index contributed by atoms with van der Waals surface area (Å²) < 4.78 is 5.22. The van der Waals surface area contributed by atoms with Crippen molar-refractivity contribution in [2.24, 2.45) is 0 Å². The second-order valence-electron chi connectivity index (χ2n) is 3.29. The normalized spacial score (nSPS) is 12.1. The fraction of sp³-hybridized carbons (Fsp3) is 0.273. The summed E-state index contributed by atoms with van der Waals surface area (Å²) in [7, 11) is 1.64. The van der Waals surface area contributed by atoms with Gasteiger partial charge in [-0.3, -0.25) is 0 Å². The van der Waals surface area contributed by atoms with E-state index in [1.54, 1.807) is 30.8 Å². The number of rotatable bonds is 4. The monoisotopic (exact) mass is 235 g/mol. The van der Waals surface area contributed by atoms with Gasteiger partial charge in [0.05, 0.1) is 13.2 Å². The van der Waals surface area contributed by atoms with Crippen LogP contribution in [0.5, 0.6) is 5.75 Å². The molecule has 0 radical (unpaired) electrons. The molecule has 0 amide bonds. The molecular formula is C11H13N3OS. The lowest BCUT2D eigenvalue weighted by Gasteiger charge is -2.14. The van der Waals surface area contributed by atoms with Crippen molar-refractivity contribution in [1.29, 1.82) is 0 Å². The molecule has 0 saturated heterocycles. The summed E-state index contributed by atoms with van der Waals surface area (Å²) in [6.07, 6.45) is 3.53. The molecule has 1 N–H and O–H groups in total. The SMILES string of the molecule is COc1cccnc1NC(C)c1nccs1. The number of ether oxygens (including phenoxy) is 1. The molecule has 0 aliphatic carbocycles. The minimum atomic E-state index is 0.129. The molecule has 2 aromatic heterocycles. The predicted molar refractivity (Wildman–Crippen MR) is 64.9 cm³/mol. The number of methoxy groups -OCH3 is 1. The van der Waals surface area contributed by atoms with Crippen molar-refractivity contribution in [2.75, 3.05) is 12.4 Å². The van der Waals surface area contributed by atoms with E-state index in [0.717, 1.165) is 16.6 Å². The van der Waals surface area contributed by atoms with Crippen LogP contribution < -0.4 is 10.1 Å². The van der Waals surface area contributed by atoms with E-state index in [1.807, 2.05) is 24.4 Å². The molecule has 84 valence electrons. The van der Waals surface area contributed by atoms with Gasteiger partial charge < -0.3 is 10.1 Å². The molecule has 2 rings (SSSR count). The summed E-state index contributed by atoms with van der Waals surface area (Å²) in [4.78, 5) is 8.50. The van der Waals surface area contributed by atoms with E-state index in [2.05, 4.69) is 15.3 Å². The molecule has 2 aromatic rings. The average molecular weight is 235 g/mol. The van der Waals surface area contributed by atoms with Crippen molar-refractivity contribution in [3.05, 3.63) is 34.9 Å². The van der Waals surface area contributed by atoms with Gasteiger partial charge >= 0.3 is 0 Å². The van der Waals surface area contributed by atoms with Crippen LogP contribution in [-0.4, -0.2) is 17.1 Å². The Bertz CT molecular complexity index is 444. The van der Waals surface area contributed by atoms with Crippen molar-refractivity contribution >= 4 is 17.2 Å². The lowest BCUT2D eigenvalue weighted by Crippen LogP contribution is -2.08. The number of anilines is 1. The van der Waals surface area contributed by atoms with E-state index in [4.69, 9.17) is 4.74 Å². The van der Waals surface area contributed by atoms with Gasteiger partial charge in [-0.25, -0.2) is 9.97 Å². The molecule has 0 saturated carbocycles. The Balaban J connectivity index is 2.14. The molecule has 0 aromatic carbocycles. The Morgan fingerprint density at radius 1 is 1.38 bits per heavy atom. The first kappa shape index (κ1) is 10.9. The smallest absolute Gasteiger partial charge is 0.169 e. The Labute approximate surface area is 98.3 Å². The number of hydrogen-bond donors (Lipinski definition) is 1. The largest absolute Gasteiger partial charge is 0.493 e. The van der Waals surface area contributed by atoms with Crippen LogP contribution in [0, 0.1) is 0 Å². The van der Waals surface area contributed by atoms with Gasteiger partial charge in [-0.05, 0) is 19.1 Å². The number of thiazole rings is 1. The van der Waals surface area contributed by atoms with Crippen molar-refractivity contribution < 1.29 is 4.74 Å². The van der Waals surface area contributed by atoms with Gasteiger partial charge in [-0.2, -0.15) is 0 Å². The van der Waals surface area contributed by atoms with Crippen LogP contribution in [-0.2, 0) is 0 Å². The third kappa shape index (κ3) is 2.30. The van der Waals surface area contributed by atoms with E-state index in [1.165, 1.54) is 0 Å². The zero-order valence-electron chi connectivity index (χ0n) is 9.18. The lowest BCUT2D eigenvalue weighted by atomic mass is 10.3. The van der Waals surface area contributed by atoms with Crippen LogP contribution in [0.25, 0.3) is 0 Å². The van der Waals surface area contributed by atoms with Gasteiger partial charge in [0, 0.05) is 17.8 Å². The molecular weight excluding hydrogens is 222 g/mol. The summed E-state index contributed by atoms with van der Waals surface area (Å²) in [5.74, 6) is 1.48. The van der Waals surface area contributed by atoms with Crippen LogP contribution in [0.15, 0.2) is 29.9 Å². The van der Waals surface area contributed by atoms with Crippen molar-refractivity contribution in [3.8, 4) is 5.75 Å². The first-order valence-corrected chi connectivity index (χ1v) is 5.84. The number of nitrogens with one attached hydrogen (secondary N) is 1. The quantitative estimate of drug-likeness (QED) is 0.885. The highest BCUT2D eigenvalue weighted by molar-refractivity contribution is 7.09. The summed E-state index contributed by atoms with van der Waals surface area (Å²) >= 11 is 1.62. The molecule has 16 heavy (non-hydrogen) atoms. The predicted octanol–water partition coefficient (Wildman–Crippen LogP) is 2.72. The third-order valence-corrected chi connectivity index (χ3v) is 3.12. The van der Waals surface area contributed by atoms with Gasteiger partial charge in [0.2, 0.25) is 0 Å². The summed E-state index contributed by atoms with van der Waals surface area (Å²) in [5.41, 5.74) is 0. The number of hydrogen-bond acceptors (Lipinski definition) is 5. The molecule has 0 spiro atoms. The first-order chi connectivity index (χ1) is 7.81. The zero-order valence-corrected chi connectivity index (χ0v) is 9.99. The zero-order chi connectivity index (χ0) is 11.4. The number of aromatic nitrogens is 2. The number of nitrogens with zero attached hydrogens (tertiary/aromatic N) is 2. The van der Waals surface area contributed by atoms with Crippen molar-refractivity contribution in [2.45, 2.75) is 13.0 Å². The van der Waals surface area contributed by atoms with Gasteiger partial charge in [-0.15, -0.1) is 11.3 Å². The van der Waals surface area contributed by atoms with E-state index in [0.29, 0.717) is 0 Å². The maximum atomic E-state index is 5.22. The fourth-order valence-corrected chi connectivity index (χ4v) is 2.02.